The van der Waals surface area contributed by atoms with Crippen molar-refractivity contribution in [2.24, 2.45) is 0 Å². The maximum absolute atomic E-state index is 13.1. The number of ether oxygens (including phenoxy) is 1. The molecule has 2 aromatic heterocycles. The van der Waals surface area contributed by atoms with Gasteiger partial charge in [0.05, 0.1) is 0 Å². The molecule has 2 aromatic carbocycles. The fourth-order valence-electron chi connectivity index (χ4n) is 4.21. The van der Waals surface area contributed by atoms with Gasteiger partial charge in [0.1, 0.15) is 5.78 Å². The monoisotopic (exact) mass is 464 g/mol. The third kappa shape index (κ3) is 6.49. The summed E-state index contributed by atoms with van der Waals surface area (Å²) in [4.78, 5) is 22.0. The minimum atomic E-state index is -0.182. The molecule has 0 spiro atoms. The quantitative estimate of drug-likeness (QED) is 0.248. The molecule has 0 bridgehead atoms. The van der Waals surface area contributed by atoms with Crippen molar-refractivity contribution in [2.75, 3.05) is 13.7 Å². The second-order valence-electron chi connectivity index (χ2n) is 9.01. The minimum Gasteiger partial charge on any atom is -0.385 e. The van der Waals surface area contributed by atoms with Crippen LogP contribution in [0.5, 0.6) is 0 Å². The van der Waals surface area contributed by atoms with Gasteiger partial charge in [-0.25, -0.2) is 0 Å². The summed E-state index contributed by atoms with van der Waals surface area (Å²) >= 11 is 0. The van der Waals surface area contributed by atoms with E-state index in [1.54, 1.807) is 7.11 Å². The van der Waals surface area contributed by atoms with E-state index in [0.29, 0.717) is 6.42 Å². The Labute approximate surface area is 208 Å². The van der Waals surface area contributed by atoms with Crippen LogP contribution >= 0.6 is 0 Å². The average Bonchev–Trinajstić information content (AvgIpc) is 2.89. The number of methoxy groups -OCH3 is 1. The zero-order chi connectivity index (χ0) is 24.6. The molecule has 0 fully saturated rings. The zero-order valence-electron chi connectivity index (χ0n) is 20.7. The van der Waals surface area contributed by atoms with E-state index in [0.717, 1.165) is 64.2 Å². The van der Waals surface area contributed by atoms with Gasteiger partial charge in [-0.1, -0.05) is 61.5 Å². The van der Waals surface area contributed by atoms with Gasteiger partial charge in [0.2, 0.25) is 0 Å². The highest BCUT2D eigenvalue weighted by Crippen LogP contribution is 2.26. The van der Waals surface area contributed by atoms with Crippen LogP contribution in [-0.2, 0) is 22.4 Å². The standard InChI is InChI=1S/C31H32N2O2/c1-22-18-28(15-16-32-22)25-11-9-24(10-12-25)19-31(34)23(2)26-6-4-7-27(20-26)29-13-14-30(33-21-29)8-5-17-35-3/h4,6-7,9-16,18,20-21,23H,5,8,17,19H2,1-3H3. The maximum atomic E-state index is 13.1. The van der Waals surface area contributed by atoms with Gasteiger partial charge in [-0.15, -0.1) is 0 Å². The molecule has 2 heterocycles. The molecule has 178 valence electrons. The Morgan fingerprint density at radius 2 is 1.66 bits per heavy atom. The Morgan fingerprint density at radius 1 is 0.886 bits per heavy atom. The molecule has 0 amide bonds. The summed E-state index contributed by atoms with van der Waals surface area (Å²) in [7, 11) is 1.72. The van der Waals surface area contributed by atoms with Crippen molar-refractivity contribution in [3.05, 3.63) is 108 Å². The van der Waals surface area contributed by atoms with Crippen molar-refractivity contribution in [2.45, 2.75) is 39.0 Å². The lowest BCUT2D eigenvalue weighted by Gasteiger charge is -2.13. The van der Waals surface area contributed by atoms with Gasteiger partial charge in [0, 0.05) is 55.4 Å². The number of rotatable bonds is 10. The molecule has 4 nitrogen and oxygen atoms in total. The summed E-state index contributed by atoms with van der Waals surface area (Å²) in [5.74, 6) is 0.0278. The van der Waals surface area contributed by atoms with Gasteiger partial charge >= 0.3 is 0 Å². The van der Waals surface area contributed by atoms with Crippen molar-refractivity contribution >= 4 is 5.78 Å². The molecule has 0 N–H and O–H groups in total. The number of aromatic nitrogens is 2. The topological polar surface area (TPSA) is 52.1 Å². The van der Waals surface area contributed by atoms with Gasteiger partial charge in [-0.05, 0) is 65.8 Å². The molecule has 0 aliphatic heterocycles. The molecular weight excluding hydrogens is 432 g/mol. The molecule has 0 aliphatic rings. The molecule has 1 atom stereocenters. The Kier molecular flexibility index (Phi) is 8.17. The third-order valence-electron chi connectivity index (χ3n) is 6.37. The number of carbonyl (C=O) groups excluding carboxylic acids is 1. The highest BCUT2D eigenvalue weighted by molar-refractivity contribution is 5.87. The van der Waals surface area contributed by atoms with Crippen molar-refractivity contribution in [3.8, 4) is 22.3 Å². The van der Waals surface area contributed by atoms with E-state index in [1.165, 1.54) is 0 Å². The fourth-order valence-corrected chi connectivity index (χ4v) is 4.21. The Balaban J connectivity index is 1.41. The van der Waals surface area contributed by atoms with Crippen LogP contribution in [0.4, 0.5) is 0 Å². The normalized spacial score (nSPS) is 11.9. The second-order valence-corrected chi connectivity index (χ2v) is 9.01. The van der Waals surface area contributed by atoms with Crippen LogP contribution in [0.25, 0.3) is 22.3 Å². The summed E-state index contributed by atoms with van der Waals surface area (Å²) in [6.45, 7) is 4.72. The summed E-state index contributed by atoms with van der Waals surface area (Å²) in [6.07, 6.45) is 6.02. The van der Waals surface area contributed by atoms with Crippen LogP contribution in [0.1, 0.15) is 41.8 Å². The van der Waals surface area contributed by atoms with Crippen molar-refractivity contribution in [1.29, 1.82) is 0 Å². The molecule has 0 saturated heterocycles. The van der Waals surface area contributed by atoms with Crippen LogP contribution in [0.3, 0.4) is 0 Å². The lowest BCUT2D eigenvalue weighted by Crippen LogP contribution is -2.12. The van der Waals surface area contributed by atoms with Crippen molar-refractivity contribution in [3.63, 3.8) is 0 Å². The number of aryl methyl sites for hydroxylation is 2. The van der Waals surface area contributed by atoms with Crippen molar-refractivity contribution < 1.29 is 9.53 Å². The molecule has 35 heavy (non-hydrogen) atoms. The fraction of sp³-hybridized carbons (Fsp3) is 0.258. The number of hydrogen-bond donors (Lipinski definition) is 0. The van der Waals surface area contributed by atoms with Crippen LogP contribution < -0.4 is 0 Å². The van der Waals surface area contributed by atoms with Crippen LogP contribution in [0.2, 0.25) is 0 Å². The molecule has 4 aromatic rings. The van der Waals surface area contributed by atoms with E-state index in [2.05, 4.69) is 52.4 Å². The van der Waals surface area contributed by atoms with Gasteiger partial charge in [-0.3, -0.25) is 14.8 Å². The van der Waals surface area contributed by atoms with Gasteiger partial charge in [-0.2, -0.15) is 0 Å². The number of Topliss-reactive ketones (excluding diaryl/α,β-unsaturated/α-hetero) is 1. The van der Waals surface area contributed by atoms with E-state index in [1.807, 2.05) is 56.6 Å². The average molecular weight is 465 g/mol. The number of pyridine rings is 2. The van der Waals surface area contributed by atoms with Crippen LogP contribution in [0.15, 0.2) is 85.2 Å². The molecule has 0 radical (unpaired) electrons. The van der Waals surface area contributed by atoms with E-state index in [9.17, 15) is 4.79 Å². The highest BCUT2D eigenvalue weighted by atomic mass is 16.5. The van der Waals surface area contributed by atoms with Gasteiger partial charge in [0.25, 0.3) is 0 Å². The van der Waals surface area contributed by atoms with E-state index in [-0.39, 0.29) is 11.7 Å². The summed E-state index contributed by atoms with van der Waals surface area (Å²) in [5, 5.41) is 0. The first-order valence-corrected chi connectivity index (χ1v) is 12.1. The Hall–Kier alpha value is -3.63. The second kappa shape index (κ2) is 11.7. The molecule has 4 rings (SSSR count). The predicted molar refractivity (Wildman–Crippen MR) is 141 cm³/mol. The lowest BCUT2D eigenvalue weighted by molar-refractivity contribution is -0.119. The third-order valence-corrected chi connectivity index (χ3v) is 6.37. The van der Waals surface area contributed by atoms with Gasteiger partial charge in [0.15, 0.2) is 0 Å². The largest absolute Gasteiger partial charge is 0.385 e. The first-order valence-electron chi connectivity index (χ1n) is 12.1. The number of benzene rings is 2. The van der Waals surface area contributed by atoms with E-state index in [4.69, 9.17) is 4.74 Å². The SMILES string of the molecule is COCCCc1ccc(-c2cccc(C(C)C(=O)Cc3ccc(-c4ccnc(C)c4)cc3)c2)cn1. The van der Waals surface area contributed by atoms with Gasteiger partial charge < -0.3 is 4.74 Å². The smallest absolute Gasteiger partial charge is 0.144 e. The number of carbonyl (C=O) groups is 1. The maximum Gasteiger partial charge on any atom is 0.144 e. The summed E-state index contributed by atoms with van der Waals surface area (Å²) in [6, 6.07) is 24.7. The zero-order valence-corrected chi connectivity index (χ0v) is 20.7. The number of nitrogens with zero attached hydrogens (tertiary/aromatic N) is 2. The first kappa shape index (κ1) is 24.5. The van der Waals surface area contributed by atoms with Crippen molar-refractivity contribution in [1.82, 2.24) is 9.97 Å². The summed E-state index contributed by atoms with van der Waals surface area (Å²) < 4.78 is 5.12. The molecule has 4 heteroatoms. The summed E-state index contributed by atoms with van der Waals surface area (Å²) in [5.41, 5.74) is 8.52. The molecular formula is C31H32N2O2. The lowest BCUT2D eigenvalue weighted by atomic mass is 9.90. The Bertz CT molecular complexity index is 1260. The number of ketones is 1. The van der Waals surface area contributed by atoms with Crippen LogP contribution in [-0.4, -0.2) is 29.5 Å². The Morgan fingerprint density at radius 3 is 2.37 bits per heavy atom. The number of hydrogen-bond acceptors (Lipinski definition) is 4. The predicted octanol–water partition coefficient (Wildman–Crippen LogP) is 6.61. The molecule has 0 saturated carbocycles. The minimum absolute atomic E-state index is 0.182. The highest BCUT2D eigenvalue weighted by Gasteiger charge is 2.16. The first-order chi connectivity index (χ1) is 17.0. The van der Waals surface area contributed by atoms with E-state index < -0.39 is 0 Å². The molecule has 0 aliphatic carbocycles. The van der Waals surface area contributed by atoms with Crippen LogP contribution in [0, 0.1) is 6.92 Å². The molecule has 1 unspecified atom stereocenters. The van der Waals surface area contributed by atoms with E-state index >= 15 is 0 Å².